The number of para-hydroxylation sites is 2. The van der Waals surface area contributed by atoms with Crippen LogP contribution >= 0.6 is 11.8 Å². The van der Waals surface area contributed by atoms with Gasteiger partial charge in [-0.25, -0.2) is 4.68 Å². The highest BCUT2D eigenvalue weighted by molar-refractivity contribution is 8.02. The molecule has 0 aliphatic carbocycles. The summed E-state index contributed by atoms with van der Waals surface area (Å²) in [7, 11) is 0. The quantitative estimate of drug-likeness (QED) is 0.430. The number of nitrogens with zero attached hydrogens (tertiary/aromatic N) is 4. The zero-order chi connectivity index (χ0) is 25.7. The second kappa shape index (κ2) is 9.14. The number of carbonyl (C=O) groups excluding carboxylic acids is 3. The number of aromatic nitrogens is 3. The minimum Gasteiger partial charge on any atom is -0.395 e. The Balaban J connectivity index is 1.29. The van der Waals surface area contributed by atoms with Gasteiger partial charge in [0.15, 0.2) is 0 Å². The minimum absolute atomic E-state index is 0.0341. The predicted octanol–water partition coefficient (Wildman–Crippen LogP) is 1.47. The first-order chi connectivity index (χ1) is 18.0. The van der Waals surface area contributed by atoms with Gasteiger partial charge in [0.2, 0.25) is 17.7 Å². The highest BCUT2D eigenvalue weighted by Gasteiger charge is 2.75. The molecule has 3 N–H and O–H groups in total. The maximum Gasteiger partial charge on any atom is 0.245 e. The summed E-state index contributed by atoms with van der Waals surface area (Å²) >= 11 is 1.60. The molecule has 11 heteroatoms. The molecule has 3 fully saturated rings. The van der Waals surface area contributed by atoms with Crippen molar-refractivity contribution in [2.45, 2.75) is 36.1 Å². The summed E-state index contributed by atoms with van der Waals surface area (Å²) in [5.41, 5.74) is 2.18. The number of rotatable bonds is 7. The van der Waals surface area contributed by atoms with Crippen LogP contribution in [0, 0.1) is 17.8 Å². The average molecular weight is 521 g/mol. The number of amides is 3. The number of thioether (sulfide) groups is 1. The van der Waals surface area contributed by atoms with Crippen molar-refractivity contribution in [1.82, 2.24) is 25.2 Å². The summed E-state index contributed by atoms with van der Waals surface area (Å²) in [4.78, 5) is 42.6. The molecule has 6 rings (SSSR count). The van der Waals surface area contributed by atoms with E-state index in [1.165, 1.54) is 4.90 Å². The van der Waals surface area contributed by atoms with Crippen molar-refractivity contribution in [1.29, 1.82) is 0 Å². The first-order valence-corrected chi connectivity index (χ1v) is 13.3. The Morgan fingerprint density at radius 1 is 1.14 bits per heavy atom. The van der Waals surface area contributed by atoms with Crippen LogP contribution in [0.25, 0.3) is 11.0 Å². The van der Waals surface area contributed by atoms with Gasteiger partial charge in [0.05, 0.1) is 28.7 Å². The molecule has 3 aliphatic heterocycles. The zero-order valence-corrected chi connectivity index (χ0v) is 21.1. The van der Waals surface area contributed by atoms with Crippen molar-refractivity contribution < 1.29 is 19.5 Å². The van der Waals surface area contributed by atoms with Crippen molar-refractivity contribution in [2.75, 3.05) is 18.5 Å². The minimum atomic E-state index is -0.800. The highest BCUT2D eigenvalue weighted by atomic mass is 32.2. The Kier molecular flexibility index (Phi) is 5.91. The van der Waals surface area contributed by atoms with E-state index in [1.54, 1.807) is 16.4 Å². The summed E-state index contributed by atoms with van der Waals surface area (Å²) in [6, 6.07) is 15.9. The van der Waals surface area contributed by atoms with Gasteiger partial charge in [0.25, 0.3) is 0 Å². The second-order valence-electron chi connectivity index (χ2n) is 9.94. The summed E-state index contributed by atoms with van der Waals surface area (Å²) < 4.78 is 0.860. The molecule has 4 heterocycles. The van der Waals surface area contributed by atoms with E-state index in [0.29, 0.717) is 5.69 Å². The van der Waals surface area contributed by atoms with Gasteiger partial charge in [0, 0.05) is 17.5 Å². The van der Waals surface area contributed by atoms with Crippen LogP contribution in [0.3, 0.4) is 0 Å². The Labute approximate surface area is 217 Å². The third-order valence-corrected chi connectivity index (χ3v) is 10.1. The number of fused-ring (bicyclic) bond motifs is 2. The number of hydrogen-bond acceptors (Lipinski definition) is 7. The predicted molar refractivity (Wildman–Crippen MR) is 138 cm³/mol. The molecule has 37 heavy (non-hydrogen) atoms. The standard InChI is InChI=1S/C26H28N6O4S/c1-15-13-19-20(23(34)28-16-7-3-2-4-8-16)21-25(36)31(11-12-33)22(26(15,21)37-19)24(35)27-14-32-18-10-6-5-9-17(18)29-30-32/h2-10,15,19-22,33H,11-14H2,1H3,(H,27,35)(H,28,34)/t15?,19-,20+,21+,22?,26?/m1/s1. The fourth-order valence-electron chi connectivity index (χ4n) is 6.50. The Morgan fingerprint density at radius 2 is 1.89 bits per heavy atom. The number of carbonyl (C=O) groups is 3. The maximum atomic E-state index is 13.8. The van der Waals surface area contributed by atoms with Gasteiger partial charge in [0.1, 0.15) is 18.2 Å². The van der Waals surface area contributed by atoms with E-state index in [9.17, 15) is 19.5 Å². The molecule has 3 unspecified atom stereocenters. The highest BCUT2D eigenvalue weighted by Crippen LogP contribution is 2.68. The third-order valence-electron chi connectivity index (χ3n) is 8.00. The van der Waals surface area contributed by atoms with Crippen LogP contribution in [0.15, 0.2) is 54.6 Å². The van der Waals surface area contributed by atoms with Crippen molar-refractivity contribution in [2.24, 2.45) is 17.8 Å². The van der Waals surface area contributed by atoms with Gasteiger partial charge >= 0.3 is 0 Å². The van der Waals surface area contributed by atoms with E-state index in [0.717, 1.165) is 17.5 Å². The molecule has 3 amide bonds. The number of aliphatic hydroxyl groups excluding tert-OH is 1. The third kappa shape index (κ3) is 3.63. The maximum absolute atomic E-state index is 13.8. The van der Waals surface area contributed by atoms with Gasteiger partial charge in [-0.3, -0.25) is 14.4 Å². The van der Waals surface area contributed by atoms with E-state index in [-0.39, 0.29) is 48.7 Å². The lowest BCUT2D eigenvalue weighted by Crippen LogP contribution is -2.56. The van der Waals surface area contributed by atoms with Gasteiger partial charge in [-0.2, -0.15) is 0 Å². The average Bonchev–Trinajstić information content (AvgIpc) is 3.61. The Hall–Kier alpha value is -3.44. The molecule has 0 saturated carbocycles. The first-order valence-electron chi connectivity index (χ1n) is 12.5. The van der Waals surface area contributed by atoms with E-state index >= 15 is 0 Å². The van der Waals surface area contributed by atoms with Crippen LogP contribution in [0.5, 0.6) is 0 Å². The molecule has 3 aliphatic rings. The van der Waals surface area contributed by atoms with Crippen LogP contribution in [0.2, 0.25) is 0 Å². The molecule has 10 nitrogen and oxygen atoms in total. The van der Waals surface area contributed by atoms with Crippen molar-refractivity contribution in [3.63, 3.8) is 0 Å². The molecule has 3 aromatic rings. The normalized spacial score (nSPS) is 30.1. The van der Waals surface area contributed by atoms with Crippen LogP contribution in [-0.4, -0.2) is 71.9 Å². The van der Waals surface area contributed by atoms with Gasteiger partial charge in [-0.1, -0.05) is 42.5 Å². The SMILES string of the molecule is CC1C[C@H]2SC13C(C(=O)NCn1nnc4ccccc41)N(CCO)C(=O)[C@@H]3[C@H]2C(=O)Nc1ccccc1. The van der Waals surface area contributed by atoms with Crippen molar-refractivity contribution in [3.05, 3.63) is 54.6 Å². The summed E-state index contributed by atoms with van der Waals surface area (Å²) in [6.45, 7) is 1.92. The van der Waals surface area contributed by atoms with E-state index in [1.807, 2.05) is 54.6 Å². The number of anilines is 1. The summed E-state index contributed by atoms with van der Waals surface area (Å²) in [5.74, 6) is -1.89. The monoisotopic (exact) mass is 520 g/mol. The number of hydrogen-bond donors (Lipinski definition) is 3. The number of β-amino-alcohol motifs (C(OH)–C–C–N with tert-alkyl or cyclic N) is 1. The molecule has 6 atom stereocenters. The van der Waals surface area contributed by atoms with Gasteiger partial charge in [-0.15, -0.1) is 16.9 Å². The largest absolute Gasteiger partial charge is 0.395 e. The lowest BCUT2D eigenvalue weighted by molar-refractivity contribution is -0.139. The topological polar surface area (TPSA) is 129 Å². The second-order valence-corrected chi connectivity index (χ2v) is 11.5. The lowest BCUT2D eigenvalue weighted by Gasteiger charge is -2.38. The van der Waals surface area contributed by atoms with E-state index in [4.69, 9.17) is 0 Å². The van der Waals surface area contributed by atoms with E-state index < -0.39 is 22.6 Å². The molecule has 192 valence electrons. The smallest absolute Gasteiger partial charge is 0.245 e. The fourth-order valence-corrected chi connectivity index (χ4v) is 8.92. The number of aliphatic hydroxyl groups is 1. The molecular weight excluding hydrogens is 492 g/mol. The zero-order valence-electron chi connectivity index (χ0n) is 20.3. The molecule has 1 aromatic heterocycles. The van der Waals surface area contributed by atoms with Crippen LogP contribution in [0.4, 0.5) is 5.69 Å². The fraction of sp³-hybridized carbons (Fsp3) is 0.423. The summed E-state index contributed by atoms with van der Waals surface area (Å²) in [5, 5.41) is 23.9. The van der Waals surface area contributed by atoms with E-state index in [2.05, 4.69) is 27.9 Å². The first kappa shape index (κ1) is 23.9. The van der Waals surface area contributed by atoms with Crippen LogP contribution < -0.4 is 10.6 Å². The molecule has 0 radical (unpaired) electrons. The molecule has 2 aromatic carbocycles. The van der Waals surface area contributed by atoms with Crippen molar-refractivity contribution >= 4 is 46.2 Å². The lowest BCUT2D eigenvalue weighted by atomic mass is 9.66. The Morgan fingerprint density at radius 3 is 2.68 bits per heavy atom. The Bertz CT molecular complexity index is 1370. The summed E-state index contributed by atoms with van der Waals surface area (Å²) in [6.07, 6.45) is 0.742. The van der Waals surface area contributed by atoms with Gasteiger partial charge in [-0.05, 0) is 36.6 Å². The number of nitrogens with one attached hydrogen (secondary N) is 2. The molecular formula is C26H28N6O4S. The van der Waals surface area contributed by atoms with Crippen LogP contribution in [-0.2, 0) is 21.1 Å². The van der Waals surface area contributed by atoms with Gasteiger partial charge < -0.3 is 20.6 Å². The molecule has 1 spiro atoms. The van der Waals surface area contributed by atoms with Crippen LogP contribution in [0.1, 0.15) is 13.3 Å². The molecule has 2 bridgehead atoms. The number of benzene rings is 2. The number of likely N-dealkylation sites (tertiary alicyclic amines) is 1. The van der Waals surface area contributed by atoms with Crippen molar-refractivity contribution in [3.8, 4) is 0 Å². The molecule has 3 saturated heterocycles.